The lowest BCUT2D eigenvalue weighted by Gasteiger charge is -2.05. The van der Waals surface area contributed by atoms with Crippen LogP contribution in [0.15, 0.2) is 18.2 Å². The molecule has 3 nitrogen and oxygen atoms in total. The van der Waals surface area contributed by atoms with E-state index in [1.807, 2.05) is 13.0 Å². The number of aryl methyl sites for hydroxylation is 1. The van der Waals surface area contributed by atoms with E-state index in [9.17, 15) is 0 Å². The second-order valence-electron chi connectivity index (χ2n) is 2.73. The highest BCUT2D eigenvalue weighted by Crippen LogP contribution is 2.16. The van der Waals surface area contributed by atoms with E-state index in [0.717, 1.165) is 11.3 Å². The molecule has 0 radical (unpaired) electrons. The van der Waals surface area contributed by atoms with Gasteiger partial charge in [-0.2, -0.15) is 5.26 Å². The van der Waals surface area contributed by atoms with Crippen molar-refractivity contribution < 1.29 is 4.74 Å². The summed E-state index contributed by atoms with van der Waals surface area (Å²) in [5.41, 5.74) is 6.90. The lowest BCUT2D eigenvalue weighted by molar-refractivity contribution is 0.328. The molecule has 68 valence electrons. The van der Waals surface area contributed by atoms with Crippen molar-refractivity contribution in [2.45, 2.75) is 6.92 Å². The third kappa shape index (κ3) is 2.46. The smallest absolute Gasteiger partial charge is 0.119 e. The van der Waals surface area contributed by atoms with E-state index in [2.05, 4.69) is 6.07 Å². The summed E-state index contributed by atoms with van der Waals surface area (Å²) in [5.74, 6) is 0.766. The number of ether oxygens (including phenoxy) is 1. The van der Waals surface area contributed by atoms with Gasteiger partial charge in [0.25, 0.3) is 0 Å². The Morgan fingerprint density at radius 3 is 2.85 bits per heavy atom. The standard InChI is InChI=1S/C10H12N2O/c1-8-6-10(13-5-4-11)3-2-9(8)7-12/h2-3,6H,4-5,11H2,1H3. The predicted molar refractivity (Wildman–Crippen MR) is 50.4 cm³/mol. The molecule has 0 aliphatic rings. The van der Waals surface area contributed by atoms with E-state index in [1.165, 1.54) is 0 Å². The molecular formula is C10H12N2O. The fourth-order valence-corrected chi connectivity index (χ4v) is 1.03. The summed E-state index contributed by atoms with van der Waals surface area (Å²) in [6, 6.07) is 7.47. The van der Waals surface area contributed by atoms with Gasteiger partial charge in [-0.25, -0.2) is 0 Å². The molecule has 0 amide bonds. The van der Waals surface area contributed by atoms with Crippen LogP contribution >= 0.6 is 0 Å². The molecule has 1 aromatic rings. The fraction of sp³-hybridized carbons (Fsp3) is 0.300. The predicted octanol–water partition coefficient (Wildman–Crippen LogP) is 1.20. The Balaban J connectivity index is 2.79. The molecule has 0 unspecified atom stereocenters. The molecule has 2 N–H and O–H groups in total. The molecule has 0 bridgehead atoms. The third-order valence-corrected chi connectivity index (χ3v) is 1.70. The highest BCUT2D eigenvalue weighted by molar-refractivity contribution is 5.41. The van der Waals surface area contributed by atoms with Gasteiger partial charge < -0.3 is 10.5 Å². The van der Waals surface area contributed by atoms with E-state index in [-0.39, 0.29) is 0 Å². The van der Waals surface area contributed by atoms with E-state index >= 15 is 0 Å². The van der Waals surface area contributed by atoms with E-state index < -0.39 is 0 Å². The number of benzene rings is 1. The maximum atomic E-state index is 8.67. The largest absolute Gasteiger partial charge is 0.492 e. The molecule has 0 aromatic heterocycles. The summed E-state index contributed by atoms with van der Waals surface area (Å²) in [7, 11) is 0. The maximum Gasteiger partial charge on any atom is 0.119 e. The zero-order chi connectivity index (χ0) is 9.68. The minimum absolute atomic E-state index is 0.499. The molecule has 0 saturated carbocycles. The Morgan fingerprint density at radius 1 is 1.54 bits per heavy atom. The first kappa shape index (κ1) is 9.56. The van der Waals surface area contributed by atoms with Gasteiger partial charge >= 0.3 is 0 Å². The molecule has 1 aromatic carbocycles. The Kier molecular flexibility index (Phi) is 3.30. The Labute approximate surface area is 77.7 Å². The van der Waals surface area contributed by atoms with Gasteiger partial charge in [0.2, 0.25) is 0 Å². The molecule has 13 heavy (non-hydrogen) atoms. The molecule has 0 heterocycles. The summed E-state index contributed by atoms with van der Waals surface area (Å²) < 4.78 is 5.30. The Hall–Kier alpha value is -1.53. The highest BCUT2D eigenvalue weighted by atomic mass is 16.5. The quantitative estimate of drug-likeness (QED) is 0.752. The average Bonchev–Trinajstić information content (AvgIpc) is 2.15. The minimum Gasteiger partial charge on any atom is -0.492 e. The Bertz CT molecular complexity index is 328. The molecule has 1 rings (SSSR count). The first-order valence-corrected chi connectivity index (χ1v) is 4.11. The van der Waals surface area contributed by atoms with Crippen LogP contribution in [-0.4, -0.2) is 13.2 Å². The average molecular weight is 176 g/mol. The van der Waals surface area contributed by atoms with Crippen LogP contribution in [0.4, 0.5) is 0 Å². The summed E-state index contributed by atoms with van der Waals surface area (Å²) in [6.45, 7) is 2.89. The van der Waals surface area contributed by atoms with Crippen molar-refractivity contribution in [2.24, 2.45) is 5.73 Å². The van der Waals surface area contributed by atoms with Gasteiger partial charge in [0.15, 0.2) is 0 Å². The van der Waals surface area contributed by atoms with Gasteiger partial charge in [-0.1, -0.05) is 0 Å². The van der Waals surface area contributed by atoms with Crippen LogP contribution in [0.5, 0.6) is 5.75 Å². The van der Waals surface area contributed by atoms with Crippen molar-refractivity contribution in [1.82, 2.24) is 0 Å². The topological polar surface area (TPSA) is 59.0 Å². The Morgan fingerprint density at radius 2 is 2.31 bits per heavy atom. The van der Waals surface area contributed by atoms with E-state index in [1.54, 1.807) is 12.1 Å². The SMILES string of the molecule is Cc1cc(OCCN)ccc1C#N. The number of hydrogen-bond donors (Lipinski definition) is 1. The first-order chi connectivity index (χ1) is 6.27. The zero-order valence-electron chi connectivity index (χ0n) is 7.58. The first-order valence-electron chi connectivity index (χ1n) is 4.11. The number of nitriles is 1. The highest BCUT2D eigenvalue weighted by Gasteiger charge is 1.98. The van der Waals surface area contributed by atoms with Crippen molar-refractivity contribution in [3.63, 3.8) is 0 Å². The number of hydrogen-bond acceptors (Lipinski definition) is 3. The van der Waals surface area contributed by atoms with Gasteiger partial charge in [0.05, 0.1) is 11.6 Å². The summed E-state index contributed by atoms with van der Waals surface area (Å²) >= 11 is 0. The second-order valence-corrected chi connectivity index (χ2v) is 2.73. The van der Waals surface area contributed by atoms with E-state index in [4.69, 9.17) is 15.7 Å². The maximum absolute atomic E-state index is 8.67. The molecule has 0 saturated heterocycles. The van der Waals surface area contributed by atoms with Crippen LogP contribution in [0.25, 0.3) is 0 Å². The third-order valence-electron chi connectivity index (χ3n) is 1.70. The lowest BCUT2D eigenvalue weighted by atomic mass is 10.1. The summed E-state index contributed by atoms with van der Waals surface area (Å²) in [6.07, 6.45) is 0. The van der Waals surface area contributed by atoms with Crippen molar-refractivity contribution in [2.75, 3.05) is 13.2 Å². The minimum atomic E-state index is 0.499. The molecule has 0 fully saturated rings. The van der Waals surface area contributed by atoms with Crippen molar-refractivity contribution in [3.8, 4) is 11.8 Å². The van der Waals surface area contributed by atoms with Gasteiger partial charge in [-0.15, -0.1) is 0 Å². The van der Waals surface area contributed by atoms with E-state index in [0.29, 0.717) is 18.7 Å². The van der Waals surface area contributed by atoms with Gasteiger partial charge in [0, 0.05) is 6.54 Å². The zero-order valence-corrected chi connectivity index (χ0v) is 7.58. The van der Waals surface area contributed by atoms with Crippen molar-refractivity contribution in [3.05, 3.63) is 29.3 Å². The second kappa shape index (κ2) is 4.48. The molecule has 0 spiro atoms. The van der Waals surface area contributed by atoms with Gasteiger partial charge in [0.1, 0.15) is 12.4 Å². The van der Waals surface area contributed by atoms with Crippen molar-refractivity contribution >= 4 is 0 Å². The van der Waals surface area contributed by atoms with Crippen LogP contribution in [0.3, 0.4) is 0 Å². The number of nitrogens with zero attached hydrogens (tertiary/aromatic N) is 1. The van der Waals surface area contributed by atoms with Crippen molar-refractivity contribution in [1.29, 1.82) is 5.26 Å². The number of nitrogens with two attached hydrogens (primary N) is 1. The fourth-order valence-electron chi connectivity index (χ4n) is 1.03. The van der Waals surface area contributed by atoms with Gasteiger partial charge in [-0.05, 0) is 30.7 Å². The van der Waals surface area contributed by atoms with Crippen LogP contribution in [0, 0.1) is 18.3 Å². The lowest BCUT2D eigenvalue weighted by Crippen LogP contribution is -2.10. The molecule has 0 aliphatic carbocycles. The van der Waals surface area contributed by atoms with Crippen LogP contribution in [-0.2, 0) is 0 Å². The molecule has 0 aliphatic heterocycles. The molecule has 0 atom stereocenters. The molecule has 3 heteroatoms. The number of rotatable bonds is 3. The van der Waals surface area contributed by atoms with Gasteiger partial charge in [-0.3, -0.25) is 0 Å². The van der Waals surface area contributed by atoms with Crippen LogP contribution in [0.1, 0.15) is 11.1 Å². The monoisotopic (exact) mass is 176 g/mol. The van der Waals surface area contributed by atoms with Crippen LogP contribution in [0.2, 0.25) is 0 Å². The van der Waals surface area contributed by atoms with Crippen LogP contribution < -0.4 is 10.5 Å². The summed E-state index contributed by atoms with van der Waals surface area (Å²) in [5, 5.41) is 8.67. The normalized spacial score (nSPS) is 9.31. The summed E-state index contributed by atoms with van der Waals surface area (Å²) in [4.78, 5) is 0. The molecular weight excluding hydrogens is 164 g/mol.